The molecule has 0 aromatic heterocycles. The van der Waals surface area contributed by atoms with Crippen LogP contribution in [-0.4, -0.2) is 35.4 Å². The molecule has 0 aliphatic rings. The molecule has 1 rings (SSSR count). The fourth-order valence-corrected chi connectivity index (χ4v) is 0.842. The molecule has 0 saturated carbocycles. The first-order valence-corrected chi connectivity index (χ1v) is 4.01. The van der Waals surface area contributed by atoms with Crippen LogP contribution >= 0.6 is 0 Å². The van der Waals surface area contributed by atoms with E-state index in [0.717, 1.165) is 0 Å². The molecule has 0 fully saturated rings. The predicted molar refractivity (Wildman–Crippen MR) is 51.6 cm³/mol. The molecule has 0 aliphatic heterocycles. The highest BCUT2D eigenvalue weighted by molar-refractivity contribution is 6.13. The number of alkyl halides is 2. The third-order valence-electron chi connectivity index (χ3n) is 1.33. The molecule has 16 heavy (non-hydrogen) atoms. The van der Waals surface area contributed by atoms with Crippen LogP contribution in [0.25, 0.3) is 0 Å². The lowest BCUT2D eigenvalue weighted by molar-refractivity contribution is -0.0503. The minimum atomic E-state index is -3.01. The zero-order valence-electron chi connectivity index (χ0n) is 8.01. The molecule has 0 amide bonds. The van der Waals surface area contributed by atoms with E-state index >= 15 is 0 Å². The molecule has 0 radical (unpaired) electrons. The van der Waals surface area contributed by atoms with Crippen molar-refractivity contribution in [1.82, 2.24) is 0 Å². The van der Waals surface area contributed by atoms with Gasteiger partial charge in [-0.3, -0.25) is 0 Å². The maximum absolute atomic E-state index is 11.7. The number of hydrogen-bond acceptors (Lipinski definition) is 4. The van der Waals surface area contributed by atoms with E-state index in [2.05, 4.69) is 4.74 Å². The minimum Gasteiger partial charge on any atom is -0.478 e. The number of rotatable bonds is 3. The lowest BCUT2D eigenvalue weighted by Gasteiger charge is -2.06. The summed E-state index contributed by atoms with van der Waals surface area (Å²) in [6.45, 7) is -3.01. The van der Waals surface area contributed by atoms with Crippen LogP contribution < -0.4 is 4.74 Å². The van der Waals surface area contributed by atoms with Crippen LogP contribution in [0.3, 0.4) is 0 Å². The van der Waals surface area contributed by atoms with E-state index in [1.807, 2.05) is 0 Å². The van der Waals surface area contributed by atoms with E-state index < -0.39 is 20.3 Å². The summed E-state index contributed by atoms with van der Waals surface area (Å²) in [6, 6.07) is 5.22. The van der Waals surface area contributed by atoms with E-state index in [4.69, 9.17) is 15.2 Å². The van der Waals surface area contributed by atoms with Gasteiger partial charge in [-0.25, -0.2) is 4.79 Å². The number of hydrogen-bond donors (Lipinski definition) is 3. The molecule has 3 N–H and O–H groups in total. The predicted octanol–water partition coefficient (Wildman–Crippen LogP) is 0.224. The van der Waals surface area contributed by atoms with Crippen molar-refractivity contribution in [3.8, 4) is 5.75 Å². The summed E-state index contributed by atoms with van der Waals surface area (Å²) < 4.78 is 27.5. The summed E-state index contributed by atoms with van der Waals surface area (Å²) >= 11 is 0. The van der Waals surface area contributed by atoms with E-state index in [1.165, 1.54) is 24.3 Å². The molecule has 0 heterocycles. The standard InChI is InChI=1S/C8H6F2O3.BH3O2/c9-8(10)13-6-4-2-1-3-5(6)7(11)12;2-1-3/h1-4,8H,(H,11,12);1-3H. The summed E-state index contributed by atoms with van der Waals surface area (Å²) in [4.78, 5) is 10.5. The number of aromatic carboxylic acids is 1. The average molecular weight is 234 g/mol. The Morgan fingerprint density at radius 1 is 1.31 bits per heavy atom. The van der Waals surface area contributed by atoms with Crippen molar-refractivity contribution in [2.75, 3.05) is 0 Å². The van der Waals surface area contributed by atoms with Crippen molar-refractivity contribution >= 4 is 13.7 Å². The van der Waals surface area contributed by atoms with Crippen LogP contribution in [0.2, 0.25) is 0 Å². The van der Waals surface area contributed by atoms with Gasteiger partial charge >= 0.3 is 20.3 Å². The molecule has 0 spiro atoms. The SMILES string of the molecule is O=C(O)c1ccccc1OC(F)F.OBO. The van der Waals surface area contributed by atoms with Crippen molar-refractivity contribution in [2.45, 2.75) is 6.61 Å². The van der Waals surface area contributed by atoms with Crippen LogP contribution in [0, 0.1) is 0 Å². The van der Waals surface area contributed by atoms with E-state index in [1.54, 1.807) is 0 Å². The first-order valence-electron chi connectivity index (χ1n) is 4.01. The molecule has 0 bridgehead atoms. The van der Waals surface area contributed by atoms with Crippen LogP contribution in [-0.2, 0) is 0 Å². The van der Waals surface area contributed by atoms with Crippen LogP contribution in [0.5, 0.6) is 5.75 Å². The maximum atomic E-state index is 11.7. The van der Waals surface area contributed by atoms with Gasteiger partial charge in [-0.15, -0.1) is 0 Å². The zero-order valence-corrected chi connectivity index (χ0v) is 8.01. The second-order valence-corrected chi connectivity index (χ2v) is 2.32. The minimum absolute atomic E-state index is 0.275. The highest BCUT2D eigenvalue weighted by Gasteiger charge is 2.13. The van der Waals surface area contributed by atoms with Crippen molar-refractivity contribution in [2.24, 2.45) is 0 Å². The molecule has 88 valence electrons. The number of benzene rings is 1. The number of carboxylic acids is 1. The summed E-state index contributed by atoms with van der Waals surface area (Å²) in [6.07, 6.45) is 0. The Kier molecular flexibility index (Phi) is 6.81. The number of carboxylic acid groups (broad SMARTS) is 1. The summed E-state index contributed by atoms with van der Waals surface area (Å²) in [5, 5.41) is 22.8. The van der Waals surface area contributed by atoms with Crippen molar-refractivity contribution in [1.29, 1.82) is 0 Å². The fourth-order valence-electron chi connectivity index (χ4n) is 0.842. The summed E-state index contributed by atoms with van der Waals surface area (Å²) in [7, 11) is -0.750. The smallest absolute Gasteiger partial charge is 0.432 e. The van der Waals surface area contributed by atoms with Crippen molar-refractivity contribution in [3.63, 3.8) is 0 Å². The number of carbonyl (C=O) groups is 1. The van der Waals surface area contributed by atoms with Gasteiger partial charge in [0.25, 0.3) is 0 Å². The Hall–Kier alpha value is -1.67. The number of halogens is 2. The van der Waals surface area contributed by atoms with Gasteiger partial charge in [0.05, 0.1) is 0 Å². The largest absolute Gasteiger partial charge is 0.478 e. The van der Waals surface area contributed by atoms with Gasteiger partial charge in [-0.2, -0.15) is 8.78 Å². The van der Waals surface area contributed by atoms with Crippen molar-refractivity contribution in [3.05, 3.63) is 29.8 Å². The van der Waals surface area contributed by atoms with Crippen LogP contribution in [0.15, 0.2) is 24.3 Å². The lowest BCUT2D eigenvalue weighted by atomic mass is 10.2. The molecule has 0 atom stereocenters. The van der Waals surface area contributed by atoms with Gasteiger partial charge in [-0.1, -0.05) is 12.1 Å². The van der Waals surface area contributed by atoms with Gasteiger partial charge in [0, 0.05) is 0 Å². The highest BCUT2D eigenvalue weighted by Crippen LogP contribution is 2.19. The molecule has 1 aromatic carbocycles. The Bertz CT molecular complexity index is 334. The molecular weight excluding hydrogens is 225 g/mol. The van der Waals surface area contributed by atoms with E-state index in [9.17, 15) is 13.6 Å². The highest BCUT2D eigenvalue weighted by atomic mass is 19.3. The summed E-state index contributed by atoms with van der Waals surface area (Å²) in [5.74, 6) is -1.62. The lowest BCUT2D eigenvalue weighted by Crippen LogP contribution is -2.07. The second-order valence-electron chi connectivity index (χ2n) is 2.32. The van der Waals surface area contributed by atoms with Gasteiger partial charge in [-0.05, 0) is 12.1 Å². The Balaban J connectivity index is 0.000000673. The topological polar surface area (TPSA) is 87.0 Å². The molecule has 5 nitrogen and oxygen atoms in total. The molecule has 1 aromatic rings. The molecule has 0 saturated heterocycles. The molecule has 0 unspecified atom stereocenters. The van der Waals surface area contributed by atoms with E-state index in [-0.39, 0.29) is 11.3 Å². The second kappa shape index (κ2) is 7.60. The summed E-state index contributed by atoms with van der Waals surface area (Å²) in [5.41, 5.74) is -0.275. The molecule has 0 aliphatic carbocycles. The first-order chi connectivity index (χ1) is 7.52. The van der Waals surface area contributed by atoms with Gasteiger partial charge in [0.15, 0.2) is 0 Å². The van der Waals surface area contributed by atoms with E-state index in [0.29, 0.717) is 0 Å². The average Bonchev–Trinajstić information content (AvgIpc) is 2.18. The van der Waals surface area contributed by atoms with Gasteiger partial charge in [0.2, 0.25) is 0 Å². The third-order valence-corrected chi connectivity index (χ3v) is 1.33. The van der Waals surface area contributed by atoms with Gasteiger partial charge < -0.3 is 19.9 Å². The van der Waals surface area contributed by atoms with Gasteiger partial charge in [0.1, 0.15) is 11.3 Å². The number of para-hydroxylation sites is 1. The maximum Gasteiger partial charge on any atom is 0.432 e. The number of ether oxygens (including phenoxy) is 1. The normalized spacial score (nSPS) is 9.06. The fraction of sp³-hybridized carbons (Fsp3) is 0.125. The molecular formula is C8H9BF2O5. The third kappa shape index (κ3) is 5.27. The quantitative estimate of drug-likeness (QED) is 0.651. The van der Waals surface area contributed by atoms with Crippen LogP contribution in [0.4, 0.5) is 8.78 Å². The van der Waals surface area contributed by atoms with Crippen molar-refractivity contribution < 1.29 is 33.5 Å². The zero-order chi connectivity index (χ0) is 12.6. The first kappa shape index (κ1) is 14.3. The Morgan fingerprint density at radius 2 is 1.81 bits per heavy atom. The molecule has 8 heteroatoms. The monoisotopic (exact) mass is 234 g/mol. The Labute approximate surface area is 90.2 Å². The van der Waals surface area contributed by atoms with Crippen LogP contribution in [0.1, 0.15) is 10.4 Å². The Morgan fingerprint density at radius 3 is 2.25 bits per heavy atom.